The molecular weight excluding hydrogens is 196 g/mol. The number of aryl methyl sites for hydroxylation is 1. The van der Waals surface area contributed by atoms with Crippen LogP contribution in [0.5, 0.6) is 0 Å². The van der Waals surface area contributed by atoms with Crippen LogP contribution in [0.4, 0.5) is 0 Å². The number of nitrogens with zero attached hydrogens (tertiary/aromatic N) is 1. The fourth-order valence-electron chi connectivity index (χ4n) is 2.65. The van der Waals surface area contributed by atoms with Crippen LogP contribution in [-0.4, -0.2) is 24.5 Å². The molecule has 2 rings (SSSR count). The van der Waals surface area contributed by atoms with Crippen LogP contribution >= 0.6 is 0 Å². The fourth-order valence-corrected chi connectivity index (χ4v) is 2.65. The highest BCUT2D eigenvalue weighted by atomic mass is 15.2. The summed E-state index contributed by atoms with van der Waals surface area (Å²) < 4.78 is 0. The van der Waals surface area contributed by atoms with Gasteiger partial charge in [0.15, 0.2) is 0 Å². The summed E-state index contributed by atoms with van der Waals surface area (Å²) in [6.45, 7) is 5.40. The summed E-state index contributed by atoms with van der Waals surface area (Å²) in [4.78, 5) is 2.58. The van der Waals surface area contributed by atoms with E-state index in [9.17, 15) is 0 Å². The van der Waals surface area contributed by atoms with Gasteiger partial charge in [-0.1, -0.05) is 29.8 Å². The predicted octanol–water partition coefficient (Wildman–Crippen LogP) is 2.48. The second-order valence-electron chi connectivity index (χ2n) is 4.75. The third kappa shape index (κ3) is 2.63. The molecule has 1 heterocycles. The lowest BCUT2D eigenvalue weighted by atomic mass is 10.0. The van der Waals surface area contributed by atoms with Crippen molar-refractivity contribution in [2.45, 2.75) is 32.2 Å². The summed E-state index contributed by atoms with van der Waals surface area (Å²) in [5, 5.41) is 0. The Kier molecular flexibility index (Phi) is 3.97. The second kappa shape index (κ2) is 5.46. The molecule has 1 aromatic rings. The van der Waals surface area contributed by atoms with Crippen LogP contribution in [0.25, 0.3) is 0 Å². The molecule has 2 nitrogen and oxygen atoms in total. The van der Waals surface area contributed by atoms with Gasteiger partial charge in [0.1, 0.15) is 0 Å². The quantitative estimate of drug-likeness (QED) is 0.841. The summed E-state index contributed by atoms with van der Waals surface area (Å²) in [5.74, 6) is 0. The van der Waals surface area contributed by atoms with Crippen molar-refractivity contribution in [3.8, 4) is 0 Å². The lowest BCUT2D eigenvalue weighted by Crippen LogP contribution is -2.27. The topological polar surface area (TPSA) is 29.3 Å². The molecule has 0 spiro atoms. The molecule has 0 amide bonds. The summed E-state index contributed by atoms with van der Waals surface area (Å²) in [6.07, 6.45) is 3.75. The molecule has 1 aliphatic heterocycles. The summed E-state index contributed by atoms with van der Waals surface area (Å²) >= 11 is 0. The van der Waals surface area contributed by atoms with Gasteiger partial charge in [0.2, 0.25) is 0 Å². The van der Waals surface area contributed by atoms with E-state index in [1.54, 1.807) is 0 Å². The van der Waals surface area contributed by atoms with Gasteiger partial charge in [-0.05, 0) is 51.4 Å². The van der Waals surface area contributed by atoms with Gasteiger partial charge in [-0.2, -0.15) is 0 Å². The Labute approximate surface area is 98.4 Å². The minimum Gasteiger partial charge on any atom is -0.330 e. The maximum absolute atomic E-state index is 5.75. The van der Waals surface area contributed by atoms with E-state index in [1.807, 2.05) is 0 Å². The highest BCUT2D eigenvalue weighted by molar-refractivity contribution is 5.25. The van der Waals surface area contributed by atoms with Gasteiger partial charge in [0.25, 0.3) is 0 Å². The van der Waals surface area contributed by atoms with Crippen LogP contribution in [-0.2, 0) is 0 Å². The molecule has 0 aromatic heterocycles. The van der Waals surface area contributed by atoms with Crippen molar-refractivity contribution in [3.05, 3.63) is 35.4 Å². The van der Waals surface area contributed by atoms with Gasteiger partial charge in [-0.25, -0.2) is 0 Å². The molecule has 1 aliphatic rings. The first-order valence-corrected chi connectivity index (χ1v) is 6.32. The van der Waals surface area contributed by atoms with Crippen molar-refractivity contribution in [2.24, 2.45) is 5.73 Å². The molecule has 2 heteroatoms. The van der Waals surface area contributed by atoms with Crippen LogP contribution in [0.1, 0.15) is 36.4 Å². The van der Waals surface area contributed by atoms with Gasteiger partial charge < -0.3 is 5.73 Å². The second-order valence-corrected chi connectivity index (χ2v) is 4.75. The molecule has 1 unspecified atom stereocenters. The minimum atomic E-state index is 0.535. The largest absolute Gasteiger partial charge is 0.330 e. The maximum atomic E-state index is 5.75. The van der Waals surface area contributed by atoms with Crippen molar-refractivity contribution in [3.63, 3.8) is 0 Å². The Bertz CT molecular complexity index is 329. The molecule has 1 fully saturated rings. The maximum Gasteiger partial charge on any atom is 0.0360 e. The first-order valence-electron chi connectivity index (χ1n) is 6.32. The van der Waals surface area contributed by atoms with Crippen LogP contribution < -0.4 is 5.73 Å². The summed E-state index contributed by atoms with van der Waals surface area (Å²) in [5.41, 5.74) is 8.53. The van der Waals surface area contributed by atoms with Gasteiger partial charge in [0, 0.05) is 6.04 Å². The van der Waals surface area contributed by atoms with Crippen LogP contribution in [0.15, 0.2) is 24.3 Å². The Morgan fingerprint density at radius 2 is 2.06 bits per heavy atom. The van der Waals surface area contributed by atoms with Crippen LogP contribution in [0.2, 0.25) is 0 Å². The normalized spacial score (nSPS) is 18.9. The van der Waals surface area contributed by atoms with E-state index in [-0.39, 0.29) is 0 Å². The van der Waals surface area contributed by atoms with Crippen molar-refractivity contribution in [2.75, 3.05) is 19.6 Å². The summed E-state index contributed by atoms with van der Waals surface area (Å²) in [6, 6.07) is 9.40. The van der Waals surface area contributed by atoms with Crippen molar-refractivity contribution < 1.29 is 0 Å². The molecule has 0 aliphatic carbocycles. The van der Waals surface area contributed by atoms with Crippen molar-refractivity contribution >= 4 is 0 Å². The number of likely N-dealkylation sites (tertiary alicyclic amines) is 1. The Balaban J connectivity index is 2.17. The van der Waals surface area contributed by atoms with E-state index in [2.05, 4.69) is 36.1 Å². The molecule has 1 aromatic carbocycles. The Morgan fingerprint density at radius 3 is 2.69 bits per heavy atom. The van der Waals surface area contributed by atoms with Gasteiger partial charge in [-0.15, -0.1) is 0 Å². The standard InChI is InChI=1S/C14H22N2/c1-12-5-4-6-13(11-12)14(7-8-15)16-9-2-3-10-16/h4-6,11,14H,2-3,7-10,15H2,1H3. The molecule has 0 radical (unpaired) electrons. The van der Waals surface area contributed by atoms with Gasteiger partial charge in [-0.3, -0.25) is 4.90 Å². The average Bonchev–Trinajstić information content (AvgIpc) is 2.79. The first-order chi connectivity index (χ1) is 7.81. The van der Waals surface area contributed by atoms with Gasteiger partial charge in [0.05, 0.1) is 0 Å². The molecule has 0 bridgehead atoms. The lowest BCUT2D eigenvalue weighted by Gasteiger charge is -2.27. The first kappa shape index (κ1) is 11.6. The third-order valence-corrected chi connectivity index (χ3v) is 3.45. The van der Waals surface area contributed by atoms with Crippen molar-refractivity contribution in [1.29, 1.82) is 0 Å². The highest BCUT2D eigenvalue weighted by Crippen LogP contribution is 2.27. The molecule has 1 atom stereocenters. The third-order valence-electron chi connectivity index (χ3n) is 3.45. The number of nitrogens with two attached hydrogens (primary N) is 1. The zero-order chi connectivity index (χ0) is 11.4. The van der Waals surface area contributed by atoms with Crippen molar-refractivity contribution in [1.82, 2.24) is 4.90 Å². The van der Waals surface area contributed by atoms with Gasteiger partial charge >= 0.3 is 0 Å². The Morgan fingerprint density at radius 1 is 1.31 bits per heavy atom. The highest BCUT2D eigenvalue weighted by Gasteiger charge is 2.22. The number of hydrogen-bond acceptors (Lipinski definition) is 2. The zero-order valence-electron chi connectivity index (χ0n) is 10.2. The van der Waals surface area contributed by atoms with E-state index in [4.69, 9.17) is 5.73 Å². The zero-order valence-corrected chi connectivity index (χ0v) is 10.2. The van der Waals surface area contributed by atoms with E-state index in [1.165, 1.54) is 37.1 Å². The number of benzene rings is 1. The number of rotatable bonds is 4. The molecular formula is C14H22N2. The summed E-state index contributed by atoms with van der Waals surface area (Å²) in [7, 11) is 0. The SMILES string of the molecule is Cc1cccc(C(CCN)N2CCCC2)c1. The minimum absolute atomic E-state index is 0.535. The molecule has 88 valence electrons. The molecule has 0 saturated carbocycles. The lowest BCUT2D eigenvalue weighted by molar-refractivity contribution is 0.236. The fraction of sp³-hybridized carbons (Fsp3) is 0.571. The predicted molar refractivity (Wildman–Crippen MR) is 68.4 cm³/mol. The van der Waals surface area contributed by atoms with E-state index >= 15 is 0 Å². The average molecular weight is 218 g/mol. The Hall–Kier alpha value is -0.860. The molecule has 1 saturated heterocycles. The van der Waals surface area contributed by atoms with Crippen LogP contribution in [0, 0.1) is 6.92 Å². The number of hydrogen-bond donors (Lipinski definition) is 1. The van der Waals surface area contributed by atoms with E-state index < -0.39 is 0 Å². The molecule has 16 heavy (non-hydrogen) atoms. The van der Waals surface area contributed by atoms with E-state index in [0.717, 1.165) is 13.0 Å². The van der Waals surface area contributed by atoms with E-state index in [0.29, 0.717) is 6.04 Å². The molecule has 2 N–H and O–H groups in total. The monoisotopic (exact) mass is 218 g/mol. The van der Waals surface area contributed by atoms with Crippen LogP contribution in [0.3, 0.4) is 0 Å². The smallest absolute Gasteiger partial charge is 0.0360 e.